The summed E-state index contributed by atoms with van der Waals surface area (Å²) in [6.45, 7) is 2.48. The van der Waals surface area contributed by atoms with E-state index in [1.165, 1.54) is 6.33 Å². The van der Waals surface area contributed by atoms with E-state index < -0.39 is 6.10 Å². The first kappa shape index (κ1) is 10.1. The van der Waals surface area contributed by atoms with Crippen LogP contribution in [0.5, 0.6) is 0 Å². The van der Waals surface area contributed by atoms with Gasteiger partial charge in [-0.05, 0) is 13.0 Å². The molecular weight excluding hydrogens is 166 g/mol. The molecule has 4 heteroatoms. The van der Waals surface area contributed by atoms with Crippen molar-refractivity contribution in [2.45, 2.75) is 19.4 Å². The van der Waals surface area contributed by atoms with Gasteiger partial charge in [-0.3, -0.25) is 0 Å². The van der Waals surface area contributed by atoms with Crippen LogP contribution in [-0.4, -0.2) is 21.6 Å². The third kappa shape index (κ3) is 2.47. The third-order valence-corrected chi connectivity index (χ3v) is 2.20. The summed E-state index contributed by atoms with van der Waals surface area (Å²) < 4.78 is 0. The number of nitrogens with two attached hydrogens (primary N) is 1. The summed E-state index contributed by atoms with van der Waals surface area (Å²) in [6.07, 6.45) is 4.99. The lowest BCUT2D eigenvalue weighted by molar-refractivity contribution is 0.109. The minimum absolute atomic E-state index is 0.0889. The van der Waals surface area contributed by atoms with Crippen LogP contribution in [0.4, 0.5) is 0 Å². The number of hydrogen-bond acceptors (Lipinski definition) is 4. The van der Waals surface area contributed by atoms with Crippen molar-refractivity contribution in [1.82, 2.24) is 9.97 Å². The number of nitrogens with zero attached hydrogens (tertiary/aromatic N) is 2. The molecule has 0 aromatic carbocycles. The summed E-state index contributed by atoms with van der Waals surface area (Å²) in [6, 6.07) is 0. The van der Waals surface area contributed by atoms with E-state index in [4.69, 9.17) is 5.73 Å². The van der Waals surface area contributed by atoms with Crippen molar-refractivity contribution >= 4 is 0 Å². The molecule has 1 aromatic heterocycles. The van der Waals surface area contributed by atoms with Gasteiger partial charge in [-0.25, -0.2) is 9.97 Å². The minimum atomic E-state index is -0.545. The molecule has 0 spiro atoms. The van der Waals surface area contributed by atoms with Gasteiger partial charge in [0.15, 0.2) is 0 Å². The molecule has 2 unspecified atom stereocenters. The van der Waals surface area contributed by atoms with Gasteiger partial charge in [-0.1, -0.05) is 6.92 Å². The van der Waals surface area contributed by atoms with Crippen LogP contribution < -0.4 is 5.73 Å². The molecule has 4 nitrogen and oxygen atoms in total. The smallest absolute Gasteiger partial charge is 0.115 e. The molecule has 1 rings (SSSR count). The zero-order chi connectivity index (χ0) is 9.68. The molecule has 0 saturated heterocycles. The average Bonchev–Trinajstić information content (AvgIpc) is 2.21. The second-order valence-electron chi connectivity index (χ2n) is 3.02. The number of rotatable bonds is 4. The van der Waals surface area contributed by atoms with E-state index >= 15 is 0 Å². The molecule has 0 radical (unpaired) electrons. The van der Waals surface area contributed by atoms with E-state index in [-0.39, 0.29) is 5.92 Å². The quantitative estimate of drug-likeness (QED) is 0.709. The standard InChI is InChI=1S/C9H15N3O/c1-2-7(3-10)9(13)8-4-11-6-12-5-8/h4-7,9,13H,2-3,10H2,1H3. The van der Waals surface area contributed by atoms with Gasteiger partial charge < -0.3 is 10.8 Å². The first-order valence-electron chi connectivity index (χ1n) is 4.42. The monoisotopic (exact) mass is 181 g/mol. The lowest BCUT2D eigenvalue weighted by atomic mass is 9.95. The Bertz CT molecular complexity index is 236. The van der Waals surface area contributed by atoms with Crippen LogP contribution >= 0.6 is 0 Å². The van der Waals surface area contributed by atoms with Gasteiger partial charge in [0.1, 0.15) is 6.33 Å². The lowest BCUT2D eigenvalue weighted by Crippen LogP contribution is -2.21. The Labute approximate surface area is 77.8 Å². The molecule has 1 heterocycles. The van der Waals surface area contributed by atoms with Gasteiger partial charge in [-0.15, -0.1) is 0 Å². The van der Waals surface area contributed by atoms with Gasteiger partial charge in [-0.2, -0.15) is 0 Å². The zero-order valence-electron chi connectivity index (χ0n) is 7.72. The third-order valence-electron chi connectivity index (χ3n) is 2.20. The maximum absolute atomic E-state index is 9.82. The molecule has 72 valence electrons. The fourth-order valence-electron chi connectivity index (χ4n) is 1.25. The van der Waals surface area contributed by atoms with Crippen molar-refractivity contribution in [3.8, 4) is 0 Å². The molecule has 13 heavy (non-hydrogen) atoms. The lowest BCUT2D eigenvalue weighted by Gasteiger charge is -2.19. The highest BCUT2D eigenvalue weighted by molar-refractivity contribution is 5.07. The summed E-state index contributed by atoms with van der Waals surface area (Å²) in [5, 5.41) is 9.82. The van der Waals surface area contributed by atoms with Crippen molar-refractivity contribution in [3.05, 3.63) is 24.3 Å². The van der Waals surface area contributed by atoms with Crippen molar-refractivity contribution in [1.29, 1.82) is 0 Å². The first-order valence-corrected chi connectivity index (χ1v) is 4.42. The SMILES string of the molecule is CCC(CN)C(O)c1cncnc1. The summed E-state index contributed by atoms with van der Waals surface area (Å²) in [4.78, 5) is 7.69. The Hall–Kier alpha value is -1.00. The van der Waals surface area contributed by atoms with E-state index in [2.05, 4.69) is 9.97 Å². The molecule has 3 N–H and O–H groups in total. The van der Waals surface area contributed by atoms with Crippen LogP contribution in [0.3, 0.4) is 0 Å². The van der Waals surface area contributed by atoms with Crippen LogP contribution in [0.25, 0.3) is 0 Å². The topological polar surface area (TPSA) is 72.0 Å². The van der Waals surface area contributed by atoms with E-state index in [1.807, 2.05) is 6.92 Å². The molecule has 0 amide bonds. The Kier molecular flexibility index (Phi) is 3.79. The van der Waals surface area contributed by atoms with Crippen LogP contribution in [0.2, 0.25) is 0 Å². The molecular formula is C9H15N3O. The Morgan fingerprint density at radius 1 is 1.46 bits per heavy atom. The van der Waals surface area contributed by atoms with Crippen molar-refractivity contribution in [3.63, 3.8) is 0 Å². The minimum Gasteiger partial charge on any atom is -0.388 e. The van der Waals surface area contributed by atoms with E-state index in [1.54, 1.807) is 12.4 Å². The van der Waals surface area contributed by atoms with E-state index in [0.717, 1.165) is 12.0 Å². The zero-order valence-corrected chi connectivity index (χ0v) is 7.72. The molecule has 0 aliphatic carbocycles. The Morgan fingerprint density at radius 3 is 2.54 bits per heavy atom. The summed E-state index contributed by atoms with van der Waals surface area (Å²) in [7, 11) is 0. The second-order valence-corrected chi connectivity index (χ2v) is 3.02. The molecule has 2 atom stereocenters. The maximum atomic E-state index is 9.82. The average molecular weight is 181 g/mol. The van der Waals surface area contributed by atoms with E-state index in [9.17, 15) is 5.11 Å². The number of hydrogen-bond donors (Lipinski definition) is 2. The number of aromatic nitrogens is 2. The fraction of sp³-hybridized carbons (Fsp3) is 0.556. The van der Waals surface area contributed by atoms with Gasteiger partial charge in [0.2, 0.25) is 0 Å². The second kappa shape index (κ2) is 4.89. The summed E-state index contributed by atoms with van der Waals surface area (Å²) in [5.41, 5.74) is 6.26. The Balaban J connectivity index is 2.72. The van der Waals surface area contributed by atoms with Crippen LogP contribution in [0, 0.1) is 5.92 Å². The van der Waals surface area contributed by atoms with E-state index in [0.29, 0.717) is 6.54 Å². The van der Waals surface area contributed by atoms with Crippen molar-refractivity contribution < 1.29 is 5.11 Å². The van der Waals surface area contributed by atoms with Crippen LogP contribution in [0.15, 0.2) is 18.7 Å². The summed E-state index contributed by atoms with van der Waals surface area (Å²) in [5.74, 6) is 0.0889. The first-order chi connectivity index (χ1) is 6.29. The largest absolute Gasteiger partial charge is 0.388 e. The van der Waals surface area contributed by atoms with Crippen molar-refractivity contribution in [2.24, 2.45) is 11.7 Å². The maximum Gasteiger partial charge on any atom is 0.115 e. The normalized spacial score (nSPS) is 15.3. The molecule has 0 aliphatic heterocycles. The molecule has 0 fully saturated rings. The Morgan fingerprint density at radius 2 is 2.08 bits per heavy atom. The highest BCUT2D eigenvalue weighted by Gasteiger charge is 2.17. The number of aliphatic hydroxyl groups is 1. The van der Waals surface area contributed by atoms with Crippen LogP contribution in [-0.2, 0) is 0 Å². The number of aliphatic hydroxyl groups excluding tert-OH is 1. The fourth-order valence-corrected chi connectivity index (χ4v) is 1.25. The highest BCUT2D eigenvalue weighted by atomic mass is 16.3. The predicted octanol–water partition coefficient (Wildman–Crippen LogP) is 0.495. The molecule has 0 aliphatic rings. The van der Waals surface area contributed by atoms with Crippen molar-refractivity contribution in [2.75, 3.05) is 6.54 Å². The predicted molar refractivity (Wildman–Crippen MR) is 49.8 cm³/mol. The highest BCUT2D eigenvalue weighted by Crippen LogP contribution is 2.21. The summed E-state index contributed by atoms with van der Waals surface area (Å²) >= 11 is 0. The van der Waals surface area contributed by atoms with Gasteiger partial charge >= 0.3 is 0 Å². The molecule has 1 aromatic rings. The van der Waals surface area contributed by atoms with Crippen LogP contribution in [0.1, 0.15) is 25.0 Å². The van der Waals surface area contributed by atoms with Gasteiger partial charge in [0.25, 0.3) is 0 Å². The molecule has 0 saturated carbocycles. The molecule has 0 bridgehead atoms. The van der Waals surface area contributed by atoms with Gasteiger partial charge in [0.05, 0.1) is 6.10 Å². The van der Waals surface area contributed by atoms with Gasteiger partial charge in [0, 0.05) is 23.9 Å².